The van der Waals surface area contributed by atoms with Gasteiger partial charge in [0.15, 0.2) is 0 Å². The maximum absolute atomic E-state index is 9.09. The van der Waals surface area contributed by atoms with Crippen molar-refractivity contribution >= 4 is 0 Å². The normalized spacial score (nSPS) is 16.8. The number of aliphatic hydroxyl groups excluding tert-OH is 2. The van der Waals surface area contributed by atoms with Gasteiger partial charge in [-0.2, -0.15) is 0 Å². The summed E-state index contributed by atoms with van der Waals surface area (Å²) in [5.74, 6) is 0. The Labute approximate surface area is 60.4 Å². The van der Waals surface area contributed by atoms with Crippen LogP contribution in [-0.4, -0.2) is 42.9 Å². The van der Waals surface area contributed by atoms with Gasteiger partial charge in [-0.15, -0.1) is 0 Å². The van der Waals surface area contributed by atoms with Crippen LogP contribution in [0, 0.1) is 0 Å². The molecular formula is C6H14O4. The van der Waals surface area contributed by atoms with Gasteiger partial charge in [0.1, 0.15) is 12.9 Å². The Bertz CT molecular complexity index is 76.1. The van der Waals surface area contributed by atoms with Crippen molar-refractivity contribution in [3.05, 3.63) is 0 Å². The van der Waals surface area contributed by atoms with Crippen molar-refractivity contribution in [2.45, 2.75) is 19.1 Å². The molecule has 0 aromatic carbocycles. The predicted octanol–water partition coefficient (Wildman–Crippen LogP) is -0.651. The van der Waals surface area contributed by atoms with Gasteiger partial charge in [-0.1, -0.05) is 0 Å². The summed E-state index contributed by atoms with van der Waals surface area (Å²) in [6, 6.07) is 0. The smallest absolute Gasteiger partial charge is 0.143 e. The Hall–Kier alpha value is -0.160. The Morgan fingerprint density at radius 2 is 2.10 bits per heavy atom. The van der Waals surface area contributed by atoms with E-state index in [1.165, 1.54) is 7.11 Å². The van der Waals surface area contributed by atoms with E-state index in [0.717, 1.165) is 0 Å². The second kappa shape index (κ2) is 5.61. The summed E-state index contributed by atoms with van der Waals surface area (Å²) < 4.78 is 9.34. The molecule has 0 aliphatic carbocycles. The molecule has 10 heavy (non-hydrogen) atoms. The summed E-state index contributed by atoms with van der Waals surface area (Å²) in [4.78, 5) is 0. The van der Waals surface area contributed by atoms with Crippen LogP contribution in [0.15, 0.2) is 0 Å². The SMILES string of the molecule is CO[C@H](C)[C@H](O)COCO. The van der Waals surface area contributed by atoms with Crippen LogP contribution >= 0.6 is 0 Å². The number of hydrogen-bond donors (Lipinski definition) is 2. The molecule has 0 fully saturated rings. The van der Waals surface area contributed by atoms with Gasteiger partial charge in [0.25, 0.3) is 0 Å². The van der Waals surface area contributed by atoms with Crippen molar-refractivity contribution in [3.8, 4) is 0 Å². The first-order chi connectivity index (χ1) is 4.72. The molecule has 2 atom stereocenters. The van der Waals surface area contributed by atoms with Crippen molar-refractivity contribution in [2.24, 2.45) is 0 Å². The zero-order valence-electron chi connectivity index (χ0n) is 6.28. The zero-order valence-corrected chi connectivity index (χ0v) is 6.28. The summed E-state index contributed by atoms with van der Waals surface area (Å²) >= 11 is 0. The van der Waals surface area contributed by atoms with E-state index in [-0.39, 0.29) is 19.5 Å². The highest BCUT2D eigenvalue weighted by Crippen LogP contribution is 1.96. The highest BCUT2D eigenvalue weighted by molar-refractivity contribution is 4.61. The van der Waals surface area contributed by atoms with Gasteiger partial charge in [0.2, 0.25) is 0 Å². The minimum absolute atomic E-state index is 0.103. The molecule has 0 aromatic rings. The molecule has 0 saturated heterocycles. The first-order valence-corrected chi connectivity index (χ1v) is 3.11. The van der Waals surface area contributed by atoms with Gasteiger partial charge in [0, 0.05) is 7.11 Å². The largest absolute Gasteiger partial charge is 0.388 e. The van der Waals surface area contributed by atoms with Crippen molar-refractivity contribution in [1.29, 1.82) is 0 Å². The van der Waals surface area contributed by atoms with Crippen LogP contribution in [0.4, 0.5) is 0 Å². The topological polar surface area (TPSA) is 58.9 Å². The van der Waals surface area contributed by atoms with Gasteiger partial charge >= 0.3 is 0 Å². The summed E-state index contributed by atoms with van der Waals surface area (Å²) in [7, 11) is 1.51. The zero-order chi connectivity index (χ0) is 7.98. The molecule has 0 bridgehead atoms. The third-order valence-electron chi connectivity index (χ3n) is 1.29. The van der Waals surface area contributed by atoms with E-state index in [1.54, 1.807) is 6.92 Å². The summed E-state index contributed by atoms with van der Waals surface area (Å²) in [5, 5.41) is 17.3. The second-order valence-electron chi connectivity index (χ2n) is 2.01. The average molecular weight is 150 g/mol. The molecule has 0 aromatic heterocycles. The summed E-state index contributed by atoms with van der Waals surface area (Å²) in [6.45, 7) is 1.46. The van der Waals surface area contributed by atoms with E-state index in [0.29, 0.717) is 0 Å². The van der Waals surface area contributed by atoms with Crippen LogP contribution in [0.3, 0.4) is 0 Å². The van der Waals surface area contributed by atoms with Crippen LogP contribution in [0.25, 0.3) is 0 Å². The third-order valence-corrected chi connectivity index (χ3v) is 1.29. The monoisotopic (exact) mass is 150 g/mol. The quantitative estimate of drug-likeness (QED) is 0.511. The minimum Gasteiger partial charge on any atom is -0.388 e. The number of aliphatic hydroxyl groups is 2. The van der Waals surface area contributed by atoms with Crippen LogP contribution in [-0.2, 0) is 9.47 Å². The van der Waals surface area contributed by atoms with Gasteiger partial charge < -0.3 is 19.7 Å². The highest BCUT2D eigenvalue weighted by Gasteiger charge is 2.12. The van der Waals surface area contributed by atoms with E-state index < -0.39 is 6.10 Å². The molecule has 0 spiro atoms. The minimum atomic E-state index is -0.669. The number of rotatable bonds is 5. The molecule has 0 aliphatic rings. The van der Waals surface area contributed by atoms with Gasteiger partial charge in [-0.25, -0.2) is 0 Å². The molecule has 62 valence electrons. The lowest BCUT2D eigenvalue weighted by Crippen LogP contribution is -2.29. The molecule has 0 amide bonds. The first kappa shape index (κ1) is 9.84. The van der Waals surface area contributed by atoms with E-state index in [9.17, 15) is 0 Å². The summed E-state index contributed by atoms with van der Waals surface area (Å²) in [6.07, 6.45) is -0.927. The van der Waals surface area contributed by atoms with E-state index in [2.05, 4.69) is 4.74 Å². The van der Waals surface area contributed by atoms with Crippen LogP contribution in [0.1, 0.15) is 6.92 Å². The Morgan fingerprint density at radius 3 is 2.50 bits per heavy atom. The predicted molar refractivity (Wildman–Crippen MR) is 35.5 cm³/mol. The van der Waals surface area contributed by atoms with Crippen molar-refractivity contribution in [2.75, 3.05) is 20.5 Å². The first-order valence-electron chi connectivity index (χ1n) is 3.11. The summed E-state index contributed by atoms with van der Waals surface area (Å²) in [5.41, 5.74) is 0. The highest BCUT2D eigenvalue weighted by atomic mass is 16.6. The standard InChI is InChI=1S/C6H14O4/c1-5(9-2)6(8)3-10-4-7/h5-8H,3-4H2,1-2H3/t5-,6-/m1/s1. The molecule has 4 heteroatoms. The Morgan fingerprint density at radius 1 is 1.50 bits per heavy atom. The lowest BCUT2D eigenvalue weighted by atomic mass is 10.2. The molecule has 2 N–H and O–H groups in total. The van der Waals surface area contributed by atoms with Crippen LogP contribution < -0.4 is 0 Å². The van der Waals surface area contributed by atoms with E-state index in [4.69, 9.17) is 14.9 Å². The fraction of sp³-hybridized carbons (Fsp3) is 1.00. The van der Waals surface area contributed by atoms with Crippen molar-refractivity contribution < 1.29 is 19.7 Å². The maximum atomic E-state index is 9.09. The average Bonchev–Trinajstić information content (AvgIpc) is 1.98. The molecule has 0 aliphatic heterocycles. The molecule has 0 rings (SSSR count). The molecule has 0 saturated carbocycles. The molecule has 0 radical (unpaired) electrons. The molecule has 0 unspecified atom stereocenters. The van der Waals surface area contributed by atoms with Gasteiger partial charge in [-0.05, 0) is 6.92 Å². The lowest BCUT2D eigenvalue weighted by Gasteiger charge is -2.16. The molecular weight excluding hydrogens is 136 g/mol. The molecule has 4 nitrogen and oxygen atoms in total. The van der Waals surface area contributed by atoms with Gasteiger partial charge in [0.05, 0.1) is 12.7 Å². The lowest BCUT2D eigenvalue weighted by molar-refractivity contribution is -0.0817. The number of hydrogen-bond acceptors (Lipinski definition) is 4. The Balaban J connectivity index is 3.31. The van der Waals surface area contributed by atoms with E-state index in [1.807, 2.05) is 0 Å². The number of methoxy groups -OCH3 is 1. The fourth-order valence-corrected chi connectivity index (χ4v) is 0.466. The molecule has 0 heterocycles. The Kier molecular flexibility index (Phi) is 5.52. The maximum Gasteiger partial charge on any atom is 0.143 e. The second-order valence-corrected chi connectivity index (χ2v) is 2.01. The van der Waals surface area contributed by atoms with E-state index >= 15 is 0 Å². The fourth-order valence-electron chi connectivity index (χ4n) is 0.466. The van der Waals surface area contributed by atoms with Gasteiger partial charge in [-0.3, -0.25) is 0 Å². The van der Waals surface area contributed by atoms with Crippen molar-refractivity contribution in [1.82, 2.24) is 0 Å². The van der Waals surface area contributed by atoms with Crippen LogP contribution in [0.5, 0.6) is 0 Å². The number of ether oxygens (including phenoxy) is 2. The third kappa shape index (κ3) is 3.79. The van der Waals surface area contributed by atoms with Crippen LogP contribution in [0.2, 0.25) is 0 Å². The van der Waals surface area contributed by atoms with Crippen molar-refractivity contribution in [3.63, 3.8) is 0 Å².